The van der Waals surface area contributed by atoms with Crippen LogP contribution in [-0.4, -0.2) is 13.0 Å². The van der Waals surface area contributed by atoms with Crippen LogP contribution in [0.1, 0.15) is 21.5 Å². The van der Waals surface area contributed by atoms with Gasteiger partial charge in [0.1, 0.15) is 5.75 Å². The Bertz CT molecular complexity index is 653. The van der Waals surface area contributed by atoms with E-state index < -0.39 is 0 Å². The molecule has 1 N–H and O–H groups in total. The number of methoxy groups -OCH3 is 1. The first-order chi connectivity index (χ1) is 9.51. The van der Waals surface area contributed by atoms with Crippen LogP contribution in [0.4, 0.5) is 5.69 Å². The van der Waals surface area contributed by atoms with E-state index in [4.69, 9.17) is 16.3 Å². The zero-order chi connectivity index (χ0) is 14.7. The SMILES string of the molecule is COc1ccc(NC(=O)c2cc(C)ccc2C)c(Cl)c1. The van der Waals surface area contributed by atoms with Crippen LogP contribution >= 0.6 is 11.6 Å². The van der Waals surface area contributed by atoms with Gasteiger partial charge in [-0.15, -0.1) is 0 Å². The van der Waals surface area contributed by atoms with Gasteiger partial charge < -0.3 is 10.1 Å². The Morgan fingerprint density at radius 1 is 1.15 bits per heavy atom. The van der Waals surface area contributed by atoms with Gasteiger partial charge in [0.25, 0.3) is 5.91 Å². The lowest BCUT2D eigenvalue weighted by molar-refractivity contribution is 0.102. The summed E-state index contributed by atoms with van der Waals surface area (Å²) in [6, 6.07) is 10.9. The summed E-state index contributed by atoms with van der Waals surface area (Å²) in [6.45, 7) is 3.86. The highest BCUT2D eigenvalue weighted by Gasteiger charge is 2.11. The number of hydrogen-bond donors (Lipinski definition) is 1. The lowest BCUT2D eigenvalue weighted by Crippen LogP contribution is -2.13. The number of amides is 1. The molecule has 20 heavy (non-hydrogen) atoms. The number of hydrogen-bond acceptors (Lipinski definition) is 2. The summed E-state index contributed by atoms with van der Waals surface area (Å²) >= 11 is 6.12. The number of ether oxygens (including phenoxy) is 1. The molecule has 104 valence electrons. The maximum absolute atomic E-state index is 12.3. The molecule has 0 saturated carbocycles. The van der Waals surface area contributed by atoms with Crippen LogP contribution in [-0.2, 0) is 0 Å². The summed E-state index contributed by atoms with van der Waals surface area (Å²) in [7, 11) is 1.57. The van der Waals surface area contributed by atoms with Crippen molar-refractivity contribution >= 4 is 23.2 Å². The van der Waals surface area contributed by atoms with Crippen molar-refractivity contribution in [1.82, 2.24) is 0 Å². The Morgan fingerprint density at radius 3 is 2.55 bits per heavy atom. The lowest BCUT2D eigenvalue weighted by Gasteiger charge is -2.10. The number of anilines is 1. The van der Waals surface area contributed by atoms with Crippen LogP contribution in [0.2, 0.25) is 5.02 Å². The Hall–Kier alpha value is -2.00. The van der Waals surface area contributed by atoms with Gasteiger partial charge in [0.05, 0.1) is 17.8 Å². The van der Waals surface area contributed by atoms with Crippen molar-refractivity contribution in [1.29, 1.82) is 0 Å². The predicted octanol–water partition coefficient (Wildman–Crippen LogP) is 4.22. The van der Waals surface area contributed by atoms with Gasteiger partial charge in [-0.25, -0.2) is 0 Å². The van der Waals surface area contributed by atoms with Crippen LogP contribution in [0.25, 0.3) is 0 Å². The van der Waals surface area contributed by atoms with Gasteiger partial charge in [-0.05, 0) is 37.6 Å². The van der Waals surface area contributed by atoms with E-state index in [-0.39, 0.29) is 5.91 Å². The molecule has 2 rings (SSSR count). The van der Waals surface area contributed by atoms with E-state index in [1.807, 2.05) is 32.0 Å². The maximum atomic E-state index is 12.3. The molecule has 0 atom stereocenters. The highest BCUT2D eigenvalue weighted by atomic mass is 35.5. The number of carbonyl (C=O) groups is 1. The Morgan fingerprint density at radius 2 is 1.90 bits per heavy atom. The van der Waals surface area contributed by atoms with Gasteiger partial charge in [-0.1, -0.05) is 29.3 Å². The zero-order valence-electron chi connectivity index (χ0n) is 11.7. The second kappa shape index (κ2) is 5.97. The third-order valence-electron chi connectivity index (χ3n) is 3.06. The summed E-state index contributed by atoms with van der Waals surface area (Å²) in [5.74, 6) is 0.484. The molecule has 0 aliphatic carbocycles. The molecule has 0 unspecified atom stereocenters. The van der Waals surface area contributed by atoms with E-state index >= 15 is 0 Å². The summed E-state index contributed by atoms with van der Waals surface area (Å²) in [4.78, 5) is 12.3. The van der Waals surface area contributed by atoms with Crippen molar-refractivity contribution in [3.05, 3.63) is 58.1 Å². The first-order valence-corrected chi connectivity index (χ1v) is 6.61. The molecule has 1 amide bonds. The average molecular weight is 290 g/mol. The fourth-order valence-electron chi connectivity index (χ4n) is 1.89. The third kappa shape index (κ3) is 3.11. The van der Waals surface area contributed by atoms with Crippen LogP contribution in [0.5, 0.6) is 5.75 Å². The number of aryl methyl sites for hydroxylation is 2. The highest BCUT2D eigenvalue weighted by molar-refractivity contribution is 6.34. The number of nitrogens with one attached hydrogen (secondary N) is 1. The van der Waals surface area contributed by atoms with Crippen molar-refractivity contribution in [2.75, 3.05) is 12.4 Å². The van der Waals surface area contributed by atoms with Gasteiger partial charge in [0.2, 0.25) is 0 Å². The average Bonchev–Trinajstić information content (AvgIpc) is 2.43. The molecule has 0 fully saturated rings. The van der Waals surface area contributed by atoms with Crippen molar-refractivity contribution in [3.63, 3.8) is 0 Å². The number of halogens is 1. The molecule has 2 aromatic carbocycles. The summed E-state index contributed by atoms with van der Waals surface area (Å²) in [5.41, 5.74) is 3.19. The van der Waals surface area contributed by atoms with Gasteiger partial charge >= 0.3 is 0 Å². The minimum Gasteiger partial charge on any atom is -0.497 e. The van der Waals surface area contributed by atoms with Gasteiger partial charge in [-0.3, -0.25) is 4.79 Å². The Balaban J connectivity index is 2.25. The van der Waals surface area contributed by atoms with Crippen molar-refractivity contribution in [2.45, 2.75) is 13.8 Å². The molecule has 0 aromatic heterocycles. The Kier molecular flexibility index (Phi) is 4.30. The van der Waals surface area contributed by atoms with Gasteiger partial charge in [-0.2, -0.15) is 0 Å². The van der Waals surface area contributed by atoms with Crippen LogP contribution in [0.3, 0.4) is 0 Å². The van der Waals surface area contributed by atoms with Crippen molar-refractivity contribution in [2.24, 2.45) is 0 Å². The van der Waals surface area contributed by atoms with E-state index in [0.717, 1.165) is 11.1 Å². The molecule has 2 aromatic rings. The second-order valence-electron chi connectivity index (χ2n) is 4.62. The largest absolute Gasteiger partial charge is 0.497 e. The van der Waals surface area contributed by atoms with Crippen molar-refractivity contribution in [3.8, 4) is 5.75 Å². The van der Waals surface area contributed by atoms with E-state index in [9.17, 15) is 4.79 Å². The number of benzene rings is 2. The van der Waals surface area contributed by atoms with Crippen LogP contribution < -0.4 is 10.1 Å². The minimum atomic E-state index is -0.168. The Labute approximate surface area is 123 Å². The molecule has 3 nitrogen and oxygen atoms in total. The third-order valence-corrected chi connectivity index (χ3v) is 3.37. The second-order valence-corrected chi connectivity index (χ2v) is 5.03. The molecule has 0 heterocycles. The minimum absolute atomic E-state index is 0.168. The predicted molar refractivity (Wildman–Crippen MR) is 81.9 cm³/mol. The molecular weight excluding hydrogens is 274 g/mol. The van der Waals surface area contributed by atoms with Gasteiger partial charge in [0.15, 0.2) is 0 Å². The van der Waals surface area contributed by atoms with Crippen LogP contribution in [0, 0.1) is 13.8 Å². The fraction of sp³-hybridized carbons (Fsp3) is 0.188. The summed E-state index contributed by atoms with van der Waals surface area (Å²) in [6.07, 6.45) is 0. The number of rotatable bonds is 3. The quantitative estimate of drug-likeness (QED) is 0.919. The van der Waals surface area contributed by atoms with E-state index in [0.29, 0.717) is 22.0 Å². The van der Waals surface area contributed by atoms with Gasteiger partial charge in [0, 0.05) is 11.6 Å². The maximum Gasteiger partial charge on any atom is 0.255 e. The molecule has 4 heteroatoms. The first-order valence-electron chi connectivity index (χ1n) is 6.23. The van der Waals surface area contributed by atoms with E-state index in [1.54, 1.807) is 25.3 Å². The smallest absolute Gasteiger partial charge is 0.255 e. The normalized spacial score (nSPS) is 10.2. The summed E-state index contributed by atoms with van der Waals surface area (Å²) in [5, 5.41) is 3.27. The molecule has 0 radical (unpaired) electrons. The summed E-state index contributed by atoms with van der Waals surface area (Å²) < 4.78 is 5.08. The molecule has 0 saturated heterocycles. The topological polar surface area (TPSA) is 38.3 Å². The molecule has 0 bridgehead atoms. The van der Waals surface area contributed by atoms with Crippen molar-refractivity contribution < 1.29 is 9.53 Å². The zero-order valence-corrected chi connectivity index (χ0v) is 12.4. The lowest BCUT2D eigenvalue weighted by atomic mass is 10.1. The molecular formula is C16H16ClNO2. The fourth-order valence-corrected chi connectivity index (χ4v) is 2.11. The molecule has 0 spiro atoms. The number of carbonyl (C=O) groups excluding carboxylic acids is 1. The molecule has 0 aliphatic rings. The van der Waals surface area contributed by atoms with E-state index in [2.05, 4.69) is 5.32 Å². The monoisotopic (exact) mass is 289 g/mol. The first kappa shape index (κ1) is 14.4. The standard InChI is InChI=1S/C16H16ClNO2/c1-10-4-5-11(2)13(8-10)16(19)18-15-7-6-12(20-3)9-14(15)17/h4-9H,1-3H3,(H,18,19). The van der Waals surface area contributed by atoms with E-state index in [1.165, 1.54) is 0 Å². The van der Waals surface area contributed by atoms with Crippen LogP contribution in [0.15, 0.2) is 36.4 Å². The molecule has 0 aliphatic heterocycles. The highest BCUT2D eigenvalue weighted by Crippen LogP contribution is 2.27.